The lowest BCUT2D eigenvalue weighted by molar-refractivity contribution is 0.602. The van der Waals surface area contributed by atoms with Crippen molar-refractivity contribution in [3.05, 3.63) is 47.4 Å². The van der Waals surface area contributed by atoms with Crippen LogP contribution >= 0.6 is 11.6 Å². The minimum absolute atomic E-state index is 0.0463. The lowest BCUT2D eigenvalue weighted by Crippen LogP contribution is -1.90. The van der Waals surface area contributed by atoms with E-state index < -0.39 is 11.6 Å². The number of benzene rings is 1. The van der Waals surface area contributed by atoms with Crippen molar-refractivity contribution in [2.75, 3.05) is 0 Å². The molecule has 0 saturated carbocycles. The molecule has 0 aliphatic carbocycles. The number of aromatic nitrogens is 2. The largest absolute Gasteiger partial charge is 0.259 e. The predicted molar refractivity (Wildman–Crippen MR) is 52.4 cm³/mol. The van der Waals surface area contributed by atoms with Crippen molar-refractivity contribution in [2.24, 2.45) is 0 Å². The number of rotatable bonds is 1. The summed E-state index contributed by atoms with van der Waals surface area (Å²) >= 11 is 5.60. The van der Waals surface area contributed by atoms with Gasteiger partial charge in [0.1, 0.15) is 16.8 Å². The van der Waals surface area contributed by atoms with Crippen LogP contribution in [0.25, 0.3) is 11.3 Å². The van der Waals surface area contributed by atoms with Gasteiger partial charge in [0.25, 0.3) is 0 Å². The molecule has 2 nitrogen and oxygen atoms in total. The van der Waals surface area contributed by atoms with Crippen LogP contribution < -0.4 is 0 Å². The third-order valence-electron chi connectivity index (χ3n) is 1.81. The first-order chi connectivity index (χ1) is 7.16. The van der Waals surface area contributed by atoms with E-state index in [1.165, 1.54) is 12.4 Å². The van der Waals surface area contributed by atoms with Crippen LogP contribution in [-0.4, -0.2) is 9.97 Å². The maximum atomic E-state index is 13.3. The molecule has 0 radical (unpaired) electrons. The summed E-state index contributed by atoms with van der Waals surface area (Å²) in [5.41, 5.74) is 0.254. The topological polar surface area (TPSA) is 25.8 Å². The first kappa shape index (κ1) is 9.98. The maximum absolute atomic E-state index is 13.3. The highest BCUT2D eigenvalue weighted by molar-refractivity contribution is 6.29. The standard InChI is InChI=1S/C10H5ClF2N2/c11-10-5-14-4-9(15-10)7-3-6(12)1-2-8(7)13/h1-5H. The van der Waals surface area contributed by atoms with Crippen molar-refractivity contribution >= 4 is 11.6 Å². The Labute approximate surface area is 89.6 Å². The summed E-state index contributed by atoms with van der Waals surface area (Å²) in [6.45, 7) is 0. The van der Waals surface area contributed by atoms with E-state index in [0.29, 0.717) is 0 Å². The van der Waals surface area contributed by atoms with Crippen LogP contribution in [0.1, 0.15) is 0 Å². The van der Waals surface area contributed by atoms with Gasteiger partial charge in [-0.2, -0.15) is 0 Å². The van der Waals surface area contributed by atoms with Crippen LogP contribution in [0.15, 0.2) is 30.6 Å². The smallest absolute Gasteiger partial charge is 0.148 e. The average Bonchev–Trinajstić information content (AvgIpc) is 2.22. The van der Waals surface area contributed by atoms with E-state index in [0.717, 1.165) is 18.2 Å². The third-order valence-corrected chi connectivity index (χ3v) is 1.99. The Bertz CT molecular complexity index is 503. The third kappa shape index (κ3) is 2.10. The number of hydrogen-bond donors (Lipinski definition) is 0. The fraction of sp³-hybridized carbons (Fsp3) is 0. The van der Waals surface area contributed by atoms with E-state index in [-0.39, 0.29) is 16.4 Å². The SMILES string of the molecule is Fc1ccc(F)c(-c2cncc(Cl)n2)c1. The number of nitrogens with zero attached hydrogens (tertiary/aromatic N) is 2. The summed E-state index contributed by atoms with van der Waals surface area (Å²) in [6, 6.07) is 3.12. The summed E-state index contributed by atoms with van der Waals surface area (Å²) in [5, 5.41) is 0.135. The predicted octanol–water partition coefficient (Wildman–Crippen LogP) is 3.08. The fourth-order valence-electron chi connectivity index (χ4n) is 1.17. The molecular formula is C10H5ClF2N2. The zero-order valence-corrected chi connectivity index (χ0v) is 8.17. The van der Waals surface area contributed by atoms with Gasteiger partial charge in [0.15, 0.2) is 0 Å². The van der Waals surface area contributed by atoms with E-state index in [4.69, 9.17) is 11.6 Å². The summed E-state index contributed by atoms with van der Waals surface area (Å²) in [6.07, 6.45) is 2.64. The second-order valence-corrected chi connectivity index (χ2v) is 3.24. The Balaban J connectivity index is 2.58. The summed E-state index contributed by atoms with van der Waals surface area (Å²) < 4.78 is 26.2. The van der Waals surface area contributed by atoms with Crippen LogP contribution in [-0.2, 0) is 0 Å². The molecule has 0 N–H and O–H groups in total. The summed E-state index contributed by atoms with van der Waals surface area (Å²) in [4.78, 5) is 7.59. The van der Waals surface area contributed by atoms with Crippen LogP contribution in [0.3, 0.4) is 0 Å². The molecule has 0 atom stereocenters. The van der Waals surface area contributed by atoms with Gasteiger partial charge < -0.3 is 0 Å². The summed E-state index contributed by atoms with van der Waals surface area (Å²) in [5.74, 6) is -1.10. The second-order valence-electron chi connectivity index (χ2n) is 2.85. The molecule has 2 aromatic rings. The molecule has 0 spiro atoms. The van der Waals surface area contributed by atoms with Gasteiger partial charge in [-0.3, -0.25) is 4.98 Å². The molecule has 0 amide bonds. The Morgan fingerprint density at radius 1 is 1.13 bits per heavy atom. The highest BCUT2D eigenvalue weighted by Crippen LogP contribution is 2.22. The minimum atomic E-state index is -0.562. The van der Waals surface area contributed by atoms with Gasteiger partial charge in [-0.25, -0.2) is 13.8 Å². The monoisotopic (exact) mass is 226 g/mol. The van der Waals surface area contributed by atoms with Gasteiger partial charge in [0.05, 0.1) is 18.1 Å². The molecule has 15 heavy (non-hydrogen) atoms. The molecule has 76 valence electrons. The quantitative estimate of drug-likeness (QED) is 0.747. The van der Waals surface area contributed by atoms with Crippen molar-refractivity contribution < 1.29 is 8.78 Å². The van der Waals surface area contributed by atoms with E-state index in [2.05, 4.69) is 9.97 Å². The molecule has 0 aliphatic heterocycles. The molecule has 1 aromatic carbocycles. The zero-order valence-electron chi connectivity index (χ0n) is 7.42. The van der Waals surface area contributed by atoms with Crippen molar-refractivity contribution in [1.29, 1.82) is 0 Å². The van der Waals surface area contributed by atoms with Crippen LogP contribution in [0.2, 0.25) is 5.15 Å². The minimum Gasteiger partial charge on any atom is -0.259 e. The normalized spacial score (nSPS) is 10.3. The van der Waals surface area contributed by atoms with Gasteiger partial charge in [0.2, 0.25) is 0 Å². The van der Waals surface area contributed by atoms with E-state index in [1.807, 2.05) is 0 Å². The maximum Gasteiger partial charge on any atom is 0.148 e. The molecule has 1 aromatic heterocycles. The van der Waals surface area contributed by atoms with Crippen molar-refractivity contribution in [2.45, 2.75) is 0 Å². The van der Waals surface area contributed by atoms with E-state index >= 15 is 0 Å². The average molecular weight is 227 g/mol. The lowest BCUT2D eigenvalue weighted by atomic mass is 10.1. The number of hydrogen-bond acceptors (Lipinski definition) is 2. The highest BCUT2D eigenvalue weighted by atomic mass is 35.5. The van der Waals surface area contributed by atoms with Crippen molar-refractivity contribution in [3.8, 4) is 11.3 Å². The van der Waals surface area contributed by atoms with Crippen LogP contribution in [0, 0.1) is 11.6 Å². The Kier molecular flexibility index (Phi) is 2.60. The first-order valence-electron chi connectivity index (χ1n) is 4.10. The molecule has 0 saturated heterocycles. The van der Waals surface area contributed by atoms with Crippen molar-refractivity contribution in [1.82, 2.24) is 9.97 Å². The molecule has 0 fully saturated rings. The molecule has 0 unspecified atom stereocenters. The molecule has 1 heterocycles. The molecule has 5 heteroatoms. The van der Waals surface area contributed by atoms with Crippen molar-refractivity contribution in [3.63, 3.8) is 0 Å². The van der Waals surface area contributed by atoms with Gasteiger partial charge in [-0.05, 0) is 18.2 Å². The first-order valence-corrected chi connectivity index (χ1v) is 4.47. The van der Waals surface area contributed by atoms with E-state index in [9.17, 15) is 8.78 Å². The Morgan fingerprint density at radius 2 is 1.93 bits per heavy atom. The molecule has 2 rings (SSSR count). The van der Waals surface area contributed by atoms with Gasteiger partial charge in [0, 0.05) is 5.56 Å². The van der Waals surface area contributed by atoms with Crippen LogP contribution in [0.4, 0.5) is 8.78 Å². The van der Waals surface area contributed by atoms with Gasteiger partial charge >= 0.3 is 0 Å². The Morgan fingerprint density at radius 3 is 2.67 bits per heavy atom. The van der Waals surface area contributed by atoms with Gasteiger partial charge in [-0.15, -0.1) is 0 Å². The molecule has 0 aliphatic rings. The zero-order chi connectivity index (χ0) is 10.8. The fourth-order valence-corrected chi connectivity index (χ4v) is 1.31. The second kappa shape index (κ2) is 3.90. The van der Waals surface area contributed by atoms with E-state index in [1.54, 1.807) is 0 Å². The molecular weight excluding hydrogens is 222 g/mol. The molecule has 0 bridgehead atoms. The van der Waals surface area contributed by atoms with Gasteiger partial charge in [-0.1, -0.05) is 11.6 Å². The van der Waals surface area contributed by atoms with Crippen LogP contribution in [0.5, 0.6) is 0 Å². The highest BCUT2D eigenvalue weighted by Gasteiger charge is 2.08. The summed E-state index contributed by atoms with van der Waals surface area (Å²) in [7, 11) is 0. The lowest BCUT2D eigenvalue weighted by Gasteiger charge is -2.02. The number of halogens is 3. The Hall–Kier alpha value is -1.55.